The molecule has 2 aromatic heterocycles. The minimum Gasteiger partial charge on any atom is -0.319 e. The Morgan fingerprint density at radius 3 is 2.73 bits per heavy atom. The summed E-state index contributed by atoms with van der Waals surface area (Å²) in [4.78, 5) is 21.0. The first-order valence-corrected chi connectivity index (χ1v) is 10.3. The molecule has 2 heterocycles. The Morgan fingerprint density at radius 1 is 1.31 bits per heavy atom. The highest BCUT2D eigenvalue weighted by Gasteiger charge is 2.15. The van der Waals surface area contributed by atoms with Gasteiger partial charge in [0.05, 0.1) is 23.3 Å². The molecule has 0 spiro atoms. The summed E-state index contributed by atoms with van der Waals surface area (Å²) in [5.74, 6) is 0.727. The summed E-state index contributed by atoms with van der Waals surface area (Å²) < 4.78 is 2.20. The van der Waals surface area contributed by atoms with Crippen LogP contribution in [0.5, 0.6) is 0 Å². The van der Waals surface area contributed by atoms with Crippen molar-refractivity contribution in [2.24, 2.45) is 5.92 Å². The number of amides is 1. The van der Waals surface area contributed by atoms with Gasteiger partial charge in [0.2, 0.25) is 5.91 Å². The Bertz CT molecular complexity index is 871. The number of carbonyl (C=O) groups is 1. The molecule has 0 atom stereocenters. The lowest BCUT2D eigenvalue weighted by Gasteiger charge is -2.14. The van der Waals surface area contributed by atoms with Gasteiger partial charge >= 0.3 is 0 Å². The van der Waals surface area contributed by atoms with Crippen molar-refractivity contribution >= 4 is 34.1 Å². The lowest BCUT2D eigenvalue weighted by molar-refractivity contribution is -0.113. The normalized spacial score (nSPS) is 11.1. The Labute approximate surface area is 161 Å². The fraction of sp³-hybridized carbons (Fsp3) is 0.316. The summed E-state index contributed by atoms with van der Waals surface area (Å²) in [6.07, 6.45) is 1.89. The summed E-state index contributed by atoms with van der Waals surface area (Å²) in [6.45, 7) is 7.13. The van der Waals surface area contributed by atoms with Crippen LogP contribution >= 0.6 is 23.1 Å². The van der Waals surface area contributed by atoms with Crippen LogP contribution in [0.3, 0.4) is 0 Å². The van der Waals surface area contributed by atoms with E-state index in [0.717, 1.165) is 28.7 Å². The van der Waals surface area contributed by atoms with Gasteiger partial charge in [-0.3, -0.25) is 4.79 Å². The van der Waals surface area contributed by atoms with Gasteiger partial charge in [-0.2, -0.15) is 0 Å². The number of imidazole rings is 1. The first kappa shape index (κ1) is 18.7. The van der Waals surface area contributed by atoms with Gasteiger partial charge in [-0.15, -0.1) is 11.3 Å². The Balaban J connectivity index is 1.72. The lowest BCUT2D eigenvalue weighted by Crippen LogP contribution is -2.15. The van der Waals surface area contributed by atoms with Crippen LogP contribution in [0.1, 0.15) is 19.5 Å². The lowest BCUT2D eigenvalue weighted by atomic mass is 10.1. The number of hydrogen-bond donors (Lipinski definition) is 1. The predicted octanol–water partition coefficient (Wildman–Crippen LogP) is 4.70. The standard InChI is InChI=1S/C19H22N4OS2/c1-13(2)10-23-16(15-7-5-4-6-8-15)9-20-19(23)26-12-17(24)22-18-21-14(3)11-25-18/h4-9,11,13H,10,12H2,1-3H3,(H,21,22,24). The molecule has 0 fully saturated rings. The van der Waals surface area contributed by atoms with Crippen molar-refractivity contribution in [2.45, 2.75) is 32.5 Å². The molecule has 5 nitrogen and oxygen atoms in total. The van der Waals surface area contributed by atoms with Crippen molar-refractivity contribution in [2.75, 3.05) is 11.1 Å². The van der Waals surface area contributed by atoms with E-state index in [2.05, 4.69) is 45.8 Å². The first-order valence-electron chi connectivity index (χ1n) is 8.48. The first-order chi connectivity index (χ1) is 12.5. The molecule has 0 aliphatic heterocycles. The number of aromatic nitrogens is 3. The van der Waals surface area contributed by atoms with Crippen molar-refractivity contribution in [1.82, 2.24) is 14.5 Å². The summed E-state index contributed by atoms with van der Waals surface area (Å²) in [5.41, 5.74) is 3.13. The van der Waals surface area contributed by atoms with Crippen LogP contribution in [0, 0.1) is 12.8 Å². The van der Waals surface area contributed by atoms with E-state index in [-0.39, 0.29) is 5.91 Å². The van der Waals surface area contributed by atoms with Gasteiger partial charge in [0, 0.05) is 11.9 Å². The minimum absolute atomic E-state index is 0.0651. The van der Waals surface area contributed by atoms with Crippen molar-refractivity contribution in [1.29, 1.82) is 0 Å². The molecule has 1 amide bonds. The number of nitrogens with one attached hydrogen (secondary N) is 1. The molecule has 0 bridgehead atoms. The second-order valence-corrected chi connectivity index (χ2v) is 8.23. The van der Waals surface area contributed by atoms with Crippen LogP contribution in [0.15, 0.2) is 47.1 Å². The molecule has 1 N–H and O–H groups in total. The van der Waals surface area contributed by atoms with Crippen LogP contribution in [0.4, 0.5) is 5.13 Å². The van der Waals surface area contributed by atoms with Crippen molar-refractivity contribution in [3.8, 4) is 11.3 Å². The van der Waals surface area contributed by atoms with Gasteiger partial charge in [-0.1, -0.05) is 55.9 Å². The molecule has 0 unspecified atom stereocenters. The number of thiazole rings is 1. The van der Waals surface area contributed by atoms with E-state index in [1.165, 1.54) is 23.1 Å². The van der Waals surface area contributed by atoms with E-state index >= 15 is 0 Å². The summed E-state index contributed by atoms with van der Waals surface area (Å²) in [7, 11) is 0. The largest absolute Gasteiger partial charge is 0.319 e. The van der Waals surface area contributed by atoms with Gasteiger partial charge in [-0.05, 0) is 18.4 Å². The molecule has 0 saturated heterocycles. The van der Waals surface area contributed by atoms with E-state index in [4.69, 9.17) is 0 Å². The van der Waals surface area contributed by atoms with Crippen LogP contribution in [-0.4, -0.2) is 26.2 Å². The molecule has 1 aromatic carbocycles. The van der Waals surface area contributed by atoms with Crippen LogP contribution in [0.25, 0.3) is 11.3 Å². The third-order valence-corrected chi connectivity index (χ3v) is 5.50. The fourth-order valence-corrected chi connectivity index (χ4v) is 4.04. The predicted molar refractivity (Wildman–Crippen MR) is 109 cm³/mol. The number of rotatable bonds is 7. The molecule has 3 aromatic rings. The van der Waals surface area contributed by atoms with Gasteiger partial charge in [0.1, 0.15) is 0 Å². The molecule has 0 aliphatic carbocycles. The van der Waals surface area contributed by atoms with E-state index in [0.29, 0.717) is 16.8 Å². The quantitative estimate of drug-likeness (QED) is 0.598. The molecular formula is C19H22N4OS2. The molecule has 136 valence electrons. The Kier molecular flexibility index (Phi) is 6.11. The molecule has 26 heavy (non-hydrogen) atoms. The number of nitrogens with zero attached hydrogens (tertiary/aromatic N) is 3. The second-order valence-electron chi connectivity index (χ2n) is 6.43. The highest BCUT2D eigenvalue weighted by Crippen LogP contribution is 2.27. The van der Waals surface area contributed by atoms with Gasteiger partial charge in [0.25, 0.3) is 0 Å². The van der Waals surface area contributed by atoms with Crippen LogP contribution in [-0.2, 0) is 11.3 Å². The third kappa shape index (κ3) is 4.74. The van der Waals surface area contributed by atoms with E-state index in [9.17, 15) is 4.79 Å². The number of hydrogen-bond acceptors (Lipinski definition) is 5. The summed E-state index contributed by atoms with van der Waals surface area (Å²) >= 11 is 2.89. The molecule has 7 heteroatoms. The van der Waals surface area contributed by atoms with Crippen molar-refractivity contribution < 1.29 is 4.79 Å². The monoisotopic (exact) mass is 386 g/mol. The molecular weight excluding hydrogens is 364 g/mol. The SMILES string of the molecule is Cc1csc(NC(=O)CSc2ncc(-c3ccccc3)n2CC(C)C)n1. The number of thioether (sulfide) groups is 1. The van der Waals surface area contributed by atoms with Crippen molar-refractivity contribution in [3.63, 3.8) is 0 Å². The zero-order chi connectivity index (χ0) is 18.5. The Morgan fingerprint density at radius 2 is 2.08 bits per heavy atom. The van der Waals surface area contributed by atoms with E-state index in [1.807, 2.05) is 36.7 Å². The maximum absolute atomic E-state index is 12.2. The van der Waals surface area contributed by atoms with E-state index in [1.54, 1.807) is 0 Å². The van der Waals surface area contributed by atoms with Crippen LogP contribution < -0.4 is 5.32 Å². The topological polar surface area (TPSA) is 59.8 Å². The minimum atomic E-state index is -0.0651. The highest BCUT2D eigenvalue weighted by molar-refractivity contribution is 7.99. The average Bonchev–Trinajstić information content (AvgIpc) is 3.19. The van der Waals surface area contributed by atoms with Crippen LogP contribution in [0.2, 0.25) is 0 Å². The Hall–Kier alpha value is -2.12. The second kappa shape index (κ2) is 8.51. The van der Waals surface area contributed by atoms with Crippen molar-refractivity contribution in [3.05, 3.63) is 47.6 Å². The molecule has 0 aliphatic rings. The maximum atomic E-state index is 12.2. The maximum Gasteiger partial charge on any atom is 0.236 e. The zero-order valence-corrected chi connectivity index (χ0v) is 16.7. The zero-order valence-electron chi connectivity index (χ0n) is 15.1. The summed E-state index contributed by atoms with van der Waals surface area (Å²) in [5, 5.41) is 6.27. The highest BCUT2D eigenvalue weighted by atomic mass is 32.2. The fourth-order valence-electron chi connectivity index (χ4n) is 2.55. The van der Waals surface area contributed by atoms with Gasteiger partial charge in [0.15, 0.2) is 10.3 Å². The third-order valence-electron chi connectivity index (χ3n) is 3.63. The van der Waals surface area contributed by atoms with Gasteiger partial charge < -0.3 is 9.88 Å². The van der Waals surface area contributed by atoms with E-state index < -0.39 is 0 Å². The number of benzene rings is 1. The number of carbonyl (C=O) groups excluding carboxylic acids is 1. The molecule has 0 radical (unpaired) electrons. The molecule has 0 saturated carbocycles. The number of anilines is 1. The average molecular weight is 387 g/mol. The summed E-state index contributed by atoms with van der Waals surface area (Å²) in [6, 6.07) is 10.2. The number of aryl methyl sites for hydroxylation is 1. The van der Waals surface area contributed by atoms with Gasteiger partial charge in [-0.25, -0.2) is 9.97 Å². The smallest absolute Gasteiger partial charge is 0.236 e. The molecule has 3 rings (SSSR count).